The first-order valence-corrected chi connectivity index (χ1v) is 9.05. The normalized spacial score (nSPS) is 17.4. The summed E-state index contributed by atoms with van der Waals surface area (Å²) >= 11 is 0. The summed E-state index contributed by atoms with van der Waals surface area (Å²) in [6, 6.07) is 10.3. The van der Waals surface area contributed by atoms with Gasteiger partial charge in [0.05, 0.1) is 18.8 Å². The number of hydrogen-bond donors (Lipinski definition) is 2. The summed E-state index contributed by atoms with van der Waals surface area (Å²) < 4.78 is 5.66. The topological polar surface area (TPSA) is 66.8 Å². The Morgan fingerprint density at radius 3 is 2.68 bits per heavy atom. The van der Waals surface area contributed by atoms with Crippen LogP contribution in [0, 0.1) is 13.8 Å². The molecule has 1 unspecified atom stereocenters. The molecule has 134 valence electrons. The molecule has 25 heavy (non-hydrogen) atoms. The van der Waals surface area contributed by atoms with Crippen molar-refractivity contribution in [2.45, 2.75) is 39.2 Å². The van der Waals surface area contributed by atoms with Crippen LogP contribution in [0.25, 0.3) is 0 Å². The van der Waals surface area contributed by atoms with Gasteiger partial charge in [-0.25, -0.2) is 0 Å². The number of hydrogen-bond acceptors (Lipinski definition) is 3. The maximum Gasteiger partial charge on any atom is 0.193 e. The van der Waals surface area contributed by atoms with E-state index in [1.807, 2.05) is 18.2 Å². The van der Waals surface area contributed by atoms with Gasteiger partial charge in [0.1, 0.15) is 5.76 Å². The van der Waals surface area contributed by atoms with Gasteiger partial charge in [-0.15, -0.1) is 0 Å². The van der Waals surface area contributed by atoms with Gasteiger partial charge in [0.2, 0.25) is 0 Å². The molecule has 0 bridgehead atoms. The van der Waals surface area contributed by atoms with E-state index in [1.54, 1.807) is 6.26 Å². The minimum absolute atomic E-state index is 0.149. The lowest BCUT2D eigenvalue weighted by Crippen LogP contribution is -2.36. The second-order valence-electron chi connectivity index (χ2n) is 6.78. The zero-order valence-corrected chi connectivity index (χ0v) is 15.2. The van der Waals surface area contributed by atoms with Crippen LogP contribution < -0.4 is 11.1 Å². The van der Waals surface area contributed by atoms with Crippen molar-refractivity contribution in [3.05, 3.63) is 53.5 Å². The highest BCUT2D eigenvalue weighted by Gasteiger charge is 2.24. The van der Waals surface area contributed by atoms with E-state index in [2.05, 4.69) is 41.2 Å². The molecule has 0 spiro atoms. The van der Waals surface area contributed by atoms with Crippen LogP contribution in [0.3, 0.4) is 0 Å². The molecule has 5 nitrogen and oxygen atoms in total. The fourth-order valence-electron chi connectivity index (χ4n) is 3.29. The number of nitrogens with zero attached hydrogens (tertiary/aromatic N) is 2. The van der Waals surface area contributed by atoms with E-state index in [1.165, 1.54) is 30.4 Å². The van der Waals surface area contributed by atoms with Gasteiger partial charge in [0.25, 0.3) is 0 Å². The van der Waals surface area contributed by atoms with Gasteiger partial charge in [-0.3, -0.25) is 9.89 Å². The average molecular weight is 340 g/mol. The number of piperidine rings is 1. The second kappa shape index (κ2) is 8.21. The van der Waals surface area contributed by atoms with E-state index in [0.29, 0.717) is 12.5 Å². The van der Waals surface area contributed by atoms with Crippen molar-refractivity contribution in [2.24, 2.45) is 10.7 Å². The molecule has 1 fully saturated rings. The molecule has 2 aromatic rings. The highest BCUT2D eigenvalue weighted by molar-refractivity contribution is 5.92. The first-order chi connectivity index (χ1) is 12.1. The molecule has 5 heteroatoms. The third kappa shape index (κ3) is 4.63. The molecule has 1 saturated heterocycles. The monoisotopic (exact) mass is 340 g/mol. The van der Waals surface area contributed by atoms with Crippen LogP contribution in [0.1, 0.15) is 42.2 Å². The van der Waals surface area contributed by atoms with Crippen LogP contribution in [0.2, 0.25) is 0 Å². The van der Waals surface area contributed by atoms with E-state index >= 15 is 0 Å². The number of benzene rings is 1. The van der Waals surface area contributed by atoms with Gasteiger partial charge in [-0.1, -0.05) is 12.5 Å². The lowest BCUT2D eigenvalue weighted by Gasteiger charge is -2.32. The molecular weight excluding hydrogens is 312 g/mol. The van der Waals surface area contributed by atoms with Crippen LogP contribution in [0.5, 0.6) is 0 Å². The number of likely N-dealkylation sites (tertiary alicyclic amines) is 1. The molecule has 0 aliphatic carbocycles. The standard InChI is InChI=1S/C20H28N4O/c1-15-8-9-17(13-16(15)2)23-20(21)22-14-18(19-7-6-12-25-19)24-10-4-3-5-11-24/h6-9,12-13,18H,3-5,10-11,14H2,1-2H3,(H3,21,22,23). The van der Waals surface area contributed by atoms with Crippen molar-refractivity contribution < 1.29 is 4.42 Å². The van der Waals surface area contributed by atoms with Crippen molar-refractivity contribution in [2.75, 3.05) is 25.0 Å². The minimum atomic E-state index is 0.149. The lowest BCUT2D eigenvalue weighted by molar-refractivity contribution is 0.150. The van der Waals surface area contributed by atoms with Crippen LogP contribution in [-0.2, 0) is 0 Å². The van der Waals surface area contributed by atoms with Crippen LogP contribution in [0.4, 0.5) is 5.69 Å². The third-order valence-electron chi connectivity index (χ3n) is 4.92. The van der Waals surface area contributed by atoms with Gasteiger partial charge in [-0.2, -0.15) is 0 Å². The molecule has 1 aromatic carbocycles. The first-order valence-electron chi connectivity index (χ1n) is 9.05. The SMILES string of the molecule is Cc1ccc(NC(N)=NCC(c2ccco2)N2CCCCC2)cc1C. The van der Waals surface area contributed by atoms with E-state index in [0.717, 1.165) is 24.5 Å². The smallest absolute Gasteiger partial charge is 0.193 e. The Balaban J connectivity index is 1.68. The largest absolute Gasteiger partial charge is 0.468 e. The fraction of sp³-hybridized carbons (Fsp3) is 0.450. The number of rotatable bonds is 5. The second-order valence-corrected chi connectivity index (χ2v) is 6.78. The Bertz CT molecular complexity index is 702. The van der Waals surface area contributed by atoms with Crippen molar-refractivity contribution in [3.63, 3.8) is 0 Å². The maximum absolute atomic E-state index is 6.11. The number of guanidine groups is 1. The van der Waals surface area contributed by atoms with E-state index in [-0.39, 0.29) is 6.04 Å². The summed E-state index contributed by atoms with van der Waals surface area (Å²) in [5.41, 5.74) is 9.59. The molecule has 0 amide bonds. The Kier molecular flexibility index (Phi) is 5.76. The number of anilines is 1. The van der Waals surface area contributed by atoms with Crippen molar-refractivity contribution in [3.8, 4) is 0 Å². The maximum atomic E-state index is 6.11. The molecule has 1 aromatic heterocycles. The Labute approximate surface area is 149 Å². The van der Waals surface area contributed by atoms with Gasteiger partial charge >= 0.3 is 0 Å². The van der Waals surface area contributed by atoms with Crippen molar-refractivity contribution in [1.29, 1.82) is 0 Å². The zero-order chi connectivity index (χ0) is 17.6. The van der Waals surface area contributed by atoms with Gasteiger partial charge in [0, 0.05) is 5.69 Å². The Morgan fingerprint density at radius 1 is 1.20 bits per heavy atom. The quantitative estimate of drug-likeness (QED) is 0.641. The molecule has 2 heterocycles. The molecule has 0 radical (unpaired) electrons. The molecule has 1 atom stereocenters. The number of nitrogens with one attached hydrogen (secondary N) is 1. The minimum Gasteiger partial charge on any atom is -0.468 e. The number of nitrogens with two attached hydrogens (primary N) is 1. The van der Waals surface area contributed by atoms with Gasteiger partial charge < -0.3 is 15.5 Å². The highest BCUT2D eigenvalue weighted by Crippen LogP contribution is 2.25. The van der Waals surface area contributed by atoms with Gasteiger partial charge in [0.15, 0.2) is 5.96 Å². The molecule has 1 aliphatic rings. The summed E-state index contributed by atoms with van der Waals surface area (Å²) in [7, 11) is 0. The van der Waals surface area contributed by atoms with E-state index in [4.69, 9.17) is 10.2 Å². The fourth-order valence-corrected chi connectivity index (χ4v) is 3.29. The molecule has 3 rings (SSSR count). The van der Waals surface area contributed by atoms with E-state index in [9.17, 15) is 0 Å². The Hall–Kier alpha value is -2.27. The van der Waals surface area contributed by atoms with Crippen LogP contribution in [-0.4, -0.2) is 30.5 Å². The molecule has 0 saturated carbocycles. The highest BCUT2D eigenvalue weighted by atomic mass is 16.3. The molecule has 1 aliphatic heterocycles. The van der Waals surface area contributed by atoms with E-state index < -0.39 is 0 Å². The van der Waals surface area contributed by atoms with Crippen molar-refractivity contribution >= 4 is 11.6 Å². The van der Waals surface area contributed by atoms with Crippen LogP contribution >= 0.6 is 0 Å². The summed E-state index contributed by atoms with van der Waals surface area (Å²) in [5, 5.41) is 3.19. The zero-order valence-electron chi connectivity index (χ0n) is 15.2. The number of aryl methyl sites for hydroxylation is 2. The summed E-state index contributed by atoms with van der Waals surface area (Å²) in [5.74, 6) is 1.40. The summed E-state index contributed by atoms with van der Waals surface area (Å²) in [4.78, 5) is 7.04. The Morgan fingerprint density at radius 2 is 2.00 bits per heavy atom. The number of furan rings is 1. The van der Waals surface area contributed by atoms with Crippen molar-refractivity contribution in [1.82, 2.24) is 4.90 Å². The predicted molar refractivity (Wildman–Crippen MR) is 103 cm³/mol. The first kappa shape index (κ1) is 17.5. The average Bonchev–Trinajstić information content (AvgIpc) is 3.14. The third-order valence-corrected chi connectivity index (χ3v) is 4.92. The molecular formula is C20H28N4O. The lowest BCUT2D eigenvalue weighted by atomic mass is 10.1. The summed E-state index contributed by atoms with van der Waals surface area (Å²) in [6.07, 6.45) is 5.50. The van der Waals surface area contributed by atoms with Crippen LogP contribution in [0.15, 0.2) is 46.0 Å². The van der Waals surface area contributed by atoms with Gasteiger partial charge in [-0.05, 0) is 75.2 Å². The summed E-state index contributed by atoms with van der Waals surface area (Å²) in [6.45, 7) is 6.97. The molecule has 3 N–H and O–H groups in total. The predicted octanol–water partition coefficient (Wildman–Crippen LogP) is 3.85. The number of aliphatic imine (C=N–C) groups is 1.